The van der Waals surface area contributed by atoms with E-state index in [0.717, 1.165) is 12.3 Å². The SMILES string of the molecule is CCCC/C=C/B1OC2C[C@@H]3C[C@@H](C3(C)C)[C@]2(C)O1. The van der Waals surface area contributed by atoms with Crippen LogP contribution < -0.4 is 0 Å². The largest absolute Gasteiger partial charge is 0.486 e. The zero-order valence-corrected chi connectivity index (χ0v) is 12.8. The summed E-state index contributed by atoms with van der Waals surface area (Å²) < 4.78 is 12.4. The highest BCUT2D eigenvalue weighted by atomic mass is 16.7. The summed E-state index contributed by atoms with van der Waals surface area (Å²) in [5.41, 5.74) is 0.382. The molecule has 0 aromatic rings. The molecular weight excluding hydrogens is 235 g/mol. The lowest BCUT2D eigenvalue weighted by atomic mass is 9.43. The van der Waals surface area contributed by atoms with Crippen molar-refractivity contribution in [2.45, 2.75) is 71.5 Å². The summed E-state index contributed by atoms with van der Waals surface area (Å²) in [6, 6.07) is 0. The van der Waals surface area contributed by atoms with Crippen molar-refractivity contribution < 1.29 is 9.31 Å². The van der Waals surface area contributed by atoms with Gasteiger partial charge in [-0.05, 0) is 43.4 Å². The smallest absolute Gasteiger partial charge is 0.402 e. The molecule has 2 bridgehead atoms. The third kappa shape index (κ3) is 2.01. The molecule has 0 amide bonds. The quantitative estimate of drug-likeness (QED) is 0.563. The number of rotatable bonds is 4. The topological polar surface area (TPSA) is 18.5 Å². The van der Waals surface area contributed by atoms with Crippen LogP contribution in [0.3, 0.4) is 0 Å². The van der Waals surface area contributed by atoms with Gasteiger partial charge in [0.1, 0.15) is 0 Å². The molecular formula is C16H27BO2. The molecule has 3 heteroatoms. The predicted octanol–water partition coefficient (Wildman–Crippen LogP) is 4.00. The van der Waals surface area contributed by atoms with Crippen molar-refractivity contribution in [3.8, 4) is 0 Å². The average Bonchev–Trinajstić information content (AvgIpc) is 2.70. The van der Waals surface area contributed by atoms with Crippen molar-refractivity contribution in [3.05, 3.63) is 12.1 Å². The number of allylic oxidation sites excluding steroid dienone is 1. The van der Waals surface area contributed by atoms with Gasteiger partial charge in [-0.3, -0.25) is 0 Å². The van der Waals surface area contributed by atoms with Gasteiger partial charge in [-0.25, -0.2) is 0 Å². The Labute approximate surface area is 118 Å². The molecule has 4 atom stereocenters. The minimum absolute atomic E-state index is 0.0575. The molecule has 4 rings (SSSR count). The molecule has 0 aromatic carbocycles. The summed E-state index contributed by atoms with van der Waals surface area (Å²) in [7, 11) is -0.109. The van der Waals surface area contributed by atoms with Crippen molar-refractivity contribution in [2.24, 2.45) is 17.3 Å². The predicted molar refractivity (Wildman–Crippen MR) is 78.8 cm³/mol. The molecule has 19 heavy (non-hydrogen) atoms. The average molecular weight is 262 g/mol. The van der Waals surface area contributed by atoms with Crippen LogP contribution in [0.5, 0.6) is 0 Å². The number of unbranched alkanes of at least 4 members (excludes halogenated alkanes) is 2. The van der Waals surface area contributed by atoms with Crippen LogP contribution in [0.15, 0.2) is 12.1 Å². The minimum atomic E-state index is -0.109. The van der Waals surface area contributed by atoms with Gasteiger partial charge in [0.05, 0.1) is 11.7 Å². The third-order valence-electron chi connectivity index (χ3n) is 5.99. The Morgan fingerprint density at radius 2 is 2.05 bits per heavy atom. The molecule has 0 radical (unpaired) electrons. The summed E-state index contributed by atoms with van der Waals surface area (Å²) in [5.74, 6) is 3.63. The number of hydrogen-bond acceptors (Lipinski definition) is 2. The fourth-order valence-corrected chi connectivity index (χ4v) is 4.51. The first-order chi connectivity index (χ1) is 8.98. The fraction of sp³-hybridized carbons (Fsp3) is 0.875. The maximum atomic E-state index is 6.31. The van der Waals surface area contributed by atoms with E-state index >= 15 is 0 Å². The normalized spacial score (nSPS) is 43.4. The lowest BCUT2D eigenvalue weighted by Gasteiger charge is -2.64. The Morgan fingerprint density at radius 1 is 1.26 bits per heavy atom. The maximum absolute atomic E-state index is 6.31. The van der Waals surface area contributed by atoms with Gasteiger partial charge in [-0.2, -0.15) is 0 Å². The fourth-order valence-electron chi connectivity index (χ4n) is 4.51. The van der Waals surface area contributed by atoms with E-state index in [0.29, 0.717) is 17.4 Å². The molecule has 1 heterocycles. The number of hydrogen-bond donors (Lipinski definition) is 0. The first-order valence-electron chi connectivity index (χ1n) is 7.98. The highest BCUT2D eigenvalue weighted by Gasteiger charge is 2.67. The Bertz CT molecular complexity index is 379. The lowest BCUT2D eigenvalue weighted by molar-refractivity contribution is -0.199. The molecule has 4 aliphatic rings. The first-order valence-corrected chi connectivity index (χ1v) is 7.98. The van der Waals surface area contributed by atoms with Gasteiger partial charge in [0.15, 0.2) is 0 Å². The Balaban J connectivity index is 1.65. The van der Waals surface area contributed by atoms with E-state index in [1.165, 1.54) is 25.7 Å². The van der Waals surface area contributed by atoms with Gasteiger partial charge in [0.25, 0.3) is 0 Å². The van der Waals surface area contributed by atoms with Crippen molar-refractivity contribution in [2.75, 3.05) is 0 Å². The minimum Gasteiger partial charge on any atom is -0.402 e. The summed E-state index contributed by atoms with van der Waals surface area (Å²) >= 11 is 0. The Kier molecular flexibility index (Phi) is 3.34. The molecule has 1 saturated heterocycles. The van der Waals surface area contributed by atoms with Crippen LogP contribution in [0.2, 0.25) is 0 Å². The van der Waals surface area contributed by atoms with Crippen LogP contribution in [0.25, 0.3) is 0 Å². The van der Waals surface area contributed by atoms with Gasteiger partial charge < -0.3 is 9.31 Å². The summed E-state index contributed by atoms with van der Waals surface area (Å²) in [4.78, 5) is 0. The van der Waals surface area contributed by atoms with Crippen molar-refractivity contribution in [1.82, 2.24) is 0 Å². The molecule has 0 N–H and O–H groups in total. The van der Waals surface area contributed by atoms with E-state index in [-0.39, 0.29) is 12.7 Å². The van der Waals surface area contributed by atoms with E-state index in [1.54, 1.807) is 0 Å². The van der Waals surface area contributed by atoms with Crippen LogP contribution in [0, 0.1) is 17.3 Å². The monoisotopic (exact) mass is 262 g/mol. The Morgan fingerprint density at radius 3 is 2.74 bits per heavy atom. The van der Waals surface area contributed by atoms with E-state index < -0.39 is 0 Å². The van der Waals surface area contributed by atoms with E-state index in [9.17, 15) is 0 Å². The molecule has 3 saturated carbocycles. The molecule has 2 nitrogen and oxygen atoms in total. The molecule has 3 aliphatic carbocycles. The molecule has 0 aromatic heterocycles. The van der Waals surface area contributed by atoms with Crippen LogP contribution in [-0.2, 0) is 9.31 Å². The van der Waals surface area contributed by atoms with E-state index in [1.807, 2.05) is 0 Å². The van der Waals surface area contributed by atoms with Crippen LogP contribution in [0.4, 0.5) is 0 Å². The lowest BCUT2D eigenvalue weighted by Crippen LogP contribution is -2.65. The summed E-state index contributed by atoms with van der Waals surface area (Å²) in [6.07, 6.45) is 8.68. The molecule has 4 fully saturated rings. The zero-order chi connectivity index (χ0) is 13.7. The molecule has 1 aliphatic heterocycles. The molecule has 106 valence electrons. The van der Waals surface area contributed by atoms with Crippen LogP contribution in [-0.4, -0.2) is 18.8 Å². The van der Waals surface area contributed by atoms with Crippen LogP contribution in [0.1, 0.15) is 59.8 Å². The second-order valence-electron chi connectivity index (χ2n) is 7.41. The summed E-state index contributed by atoms with van der Waals surface area (Å²) in [5, 5.41) is 0. The third-order valence-corrected chi connectivity index (χ3v) is 5.99. The van der Waals surface area contributed by atoms with Gasteiger partial charge in [-0.1, -0.05) is 45.7 Å². The van der Waals surface area contributed by atoms with E-state index in [2.05, 4.69) is 39.7 Å². The molecule has 1 unspecified atom stereocenters. The highest BCUT2D eigenvalue weighted by molar-refractivity contribution is 6.51. The first kappa shape index (κ1) is 13.7. The van der Waals surface area contributed by atoms with Gasteiger partial charge in [0.2, 0.25) is 0 Å². The zero-order valence-electron chi connectivity index (χ0n) is 12.8. The second kappa shape index (κ2) is 4.63. The van der Waals surface area contributed by atoms with Crippen LogP contribution >= 0.6 is 0 Å². The van der Waals surface area contributed by atoms with Gasteiger partial charge in [0, 0.05) is 0 Å². The second-order valence-corrected chi connectivity index (χ2v) is 7.41. The standard InChI is InChI=1S/C16H27BO2/c1-5-6-7-8-9-17-18-14-11-12-10-13(15(12,2)3)16(14,4)19-17/h8-9,12-14H,5-7,10-11H2,1-4H3/b9-8+/t12-,13-,14?,16-/m0/s1. The van der Waals surface area contributed by atoms with Crippen molar-refractivity contribution >= 4 is 7.12 Å². The maximum Gasteiger partial charge on any atom is 0.486 e. The van der Waals surface area contributed by atoms with Gasteiger partial charge in [-0.15, -0.1) is 0 Å². The summed E-state index contributed by atoms with van der Waals surface area (Å²) in [6.45, 7) is 9.31. The van der Waals surface area contributed by atoms with E-state index in [4.69, 9.17) is 9.31 Å². The van der Waals surface area contributed by atoms with Gasteiger partial charge >= 0.3 is 7.12 Å². The Hall–Kier alpha value is -0.275. The molecule has 0 spiro atoms. The van der Waals surface area contributed by atoms with Crippen molar-refractivity contribution in [1.29, 1.82) is 0 Å². The highest BCUT2D eigenvalue weighted by Crippen LogP contribution is 2.65. The van der Waals surface area contributed by atoms with Crippen molar-refractivity contribution in [3.63, 3.8) is 0 Å².